The van der Waals surface area contributed by atoms with Crippen LogP contribution in [-0.4, -0.2) is 199 Å². The Bertz CT molecular complexity index is 6240. The number of carbonyl (C=O) groups excluding carboxylic acids is 5. The van der Waals surface area contributed by atoms with Crippen LogP contribution in [0.5, 0.6) is 0 Å². The maximum absolute atomic E-state index is 12.0. The zero-order valence-corrected chi connectivity index (χ0v) is 74.9. The predicted octanol–water partition coefficient (Wildman–Crippen LogP) is 15.5. The van der Waals surface area contributed by atoms with Gasteiger partial charge >= 0.3 is 6.09 Å². The van der Waals surface area contributed by atoms with Crippen molar-refractivity contribution < 1.29 is 39.5 Å². The van der Waals surface area contributed by atoms with E-state index in [1.54, 1.807) is 55.8 Å². The fourth-order valence-electron chi connectivity index (χ4n) is 13.7. The molecule has 0 bridgehead atoms. The summed E-state index contributed by atoms with van der Waals surface area (Å²) in [6, 6.07) is 54.0. The van der Waals surface area contributed by atoms with Crippen LogP contribution in [0.25, 0.3) is 61.1 Å². The summed E-state index contributed by atoms with van der Waals surface area (Å²) in [5, 5.41) is 25.1. The van der Waals surface area contributed by atoms with E-state index in [4.69, 9.17) is 122 Å². The van der Waals surface area contributed by atoms with E-state index in [1.165, 1.54) is 23.8 Å². The maximum Gasteiger partial charge on any atom is 0.410 e. The number of fused-ring (bicyclic) bond motifs is 4. The number of halogens is 8. The molecule has 41 heteroatoms. The van der Waals surface area contributed by atoms with Crippen LogP contribution >= 0.6 is 81.2 Å². The third kappa shape index (κ3) is 25.7. The summed E-state index contributed by atoms with van der Waals surface area (Å²) in [5.41, 5.74) is 38.0. The minimum Gasteiger partial charge on any atom is -0.459 e. The molecule has 8 aromatic heterocycles. The molecule has 5 amide bonds. The van der Waals surface area contributed by atoms with Crippen LogP contribution < -0.4 is 64.6 Å². The number of nitrogen functional groups attached to an aromatic ring is 1. The highest BCUT2D eigenvalue weighted by molar-refractivity contribution is 6.41. The van der Waals surface area contributed by atoms with Gasteiger partial charge in [0.15, 0.2) is 22.6 Å². The Morgan fingerprint density at radius 3 is 1.19 bits per heavy atom. The van der Waals surface area contributed by atoms with Gasteiger partial charge in [-0.1, -0.05) is 138 Å². The standard InChI is InChI=1S/2C23H22ClN7O.C15H23N3O2.C13H8Cl2N4O.C9H8N2O.C4HCl3N2.CH3F.CH4.BH2O/c2*24-19-13-27-23(28-15-5-7-16(8-6-15)30-11-9-26-10-12-30)29-22(19)31-14-18(21(25)32)17-3-1-2-4-20(17)31;1-15(2,3)20-14(19)18-10-8-17(9-11-18)13-6-4-12(16)5-7-13;14-9-5-17-13(15)18-12(9)19-6-8(11(16)20)7-3-1-2-4-10(7)19;10-9(12)7-5-11-8-4-2-1-3-6(7)8;5-2-1-8-4(7)9-3(2)6;1-2;;1-2/h2*1-8,13-14,26H,9-12H2,(H2,25,32)(H,27,28,29);4-7H,8-11,16H2,1-3H3;1-6H,(H2,16,20);1-5,11H,(H2,10,12);1H;1H3;1H4;1-2H/i;;;;;;1D;;1T. The van der Waals surface area contributed by atoms with E-state index in [1.807, 2.05) is 166 Å². The van der Waals surface area contributed by atoms with Gasteiger partial charge in [-0.3, -0.25) is 37.3 Å². The molecule has 32 nitrogen and oxygen atoms in total. The number of rotatable bonds is 14. The number of para-hydroxylation sites is 4. The highest BCUT2D eigenvalue weighted by Gasteiger charge is 2.27. The second-order valence-corrected chi connectivity index (χ2v) is 31.8. The molecule has 11 heterocycles. The number of aromatic nitrogens is 12. The van der Waals surface area contributed by atoms with E-state index in [2.05, 4.69) is 105 Å². The lowest BCUT2D eigenvalue weighted by molar-refractivity contribution is 0.0240. The first-order valence-electron chi connectivity index (χ1n) is 40.8. The molecule has 0 spiro atoms. The molecule has 3 aliphatic heterocycles. The minimum atomic E-state index is -1.00. The van der Waals surface area contributed by atoms with E-state index in [0.29, 0.717) is 84.8 Å². The number of amides is 5. The number of ether oxygens (including phenoxy) is 1. The SMILES string of the molecule is C.CC(C)(C)OC(=O)N1CCN(c2ccc(N)cc2)CC1.Clc1ncc(Cl)c(Cl)n1.NC(=O)c1c[nH]c2ccccc12.NC(=O)c1cn(-c2nc(Cl)ncc2Cl)c2ccccc12.NC(=O)c1cn(-c2nc(Nc3ccc(N4CCNCC4)cc3)ncc2Cl)c2ccccc12.NC(=O)c1cn(-c2nc(Nc3ccc(N4CCNCC4)cc3)ncc2Cl)c2ccccc12.[2H]CF.[3H][B]O. The van der Waals surface area contributed by atoms with E-state index >= 15 is 0 Å². The summed E-state index contributed by atoms with van der Waals surface area (Å²) in [4.78, 5) is 103. The molecule has 130 heavy (non-hydrogen) atoms. The van der Waals surface area contributed by atoms with Crippen LogP contribution in [0.4, 0.5) is 55.2 Å². The van der Waals surface area contributed by atoms with Crippen LogP contribution in [0.3, 0.4) is 0 Å². The number of aromatic amines is 1. The van der Waals surface area contributed by atoms with E-state index in [0.717, 1.165) is 132 Å². The molecule has 0 unspecified atom stereocenters. The summed E-state index contributed by atoms with van der Waals surface area (Å²) in [6.07, 6.45) is 12.2. The Balaban J connectivity index is 0.000000169. The normalized spacial score (nSPS) is 12.9. The Labute approximate surface area is 786 Å². The van der Waals surface area contributed by atoms with Gasteiger partial charge in [0.05, 0.1) is 77.1 Å². The molecule has 18 rings (SSSR count). The molecule has 3 fully saturated rings. The number of hydrogen-bond donors (Lipinski definition) is 11. The minimum absolute atomic E-state index is 0. The number of anilines is 8. The van der Waals surface area contributed by atoms with Gasteiger partial charge in [0, 0.05) is 166 Å². The number of carbonyl (C=O) groups is 5. The number of hydrogen-bond acceptors (Lipinski definition) is 23. The molecular weight excluding hydrogens is 1810 g/mol. The summed E-state index contributed by atoms with van der Waals surface area (Å²) in [5.74, 6) is 0.200. The summed E-state index contributed by atoms with van der Waals surface area (Å²) in [6.45, 7) is 16.6. The van der Waals surface area contributed by atoms with Crippen molar-refractivity contribution in [3.63, 3.8) is 0 Å². The van der Waals surface area contributed by atoms with E-state index in [9.17, 15) is 28.4 Å². The van der Waals surface area contributed by atoms with E-state index < -0.39 is 36.4 Å². The second kappa shape index (κ2) is 46.7. The first-order valence-corrected chi connectivity index (χ1v) is 42.2. The average molecular weight is 1910 g/mol. The summed E-state index contributed by atoms with van der Waals surface area (Å²) < 4.78 is 31.7. The number of primary amides is 4. The molecule has 0 saturated carbocycles. The molecule has 3 saturated heterocycles. The van der Waals surface area contributed by atoms with Crippen molar-refractivity contribution in [2.45, 2.75) is 33.8 Å². The van der Waals surface area contributed by atoms with Crippen molar-refractivity contribution in [1.82, 2.24) is 74.1 Å². The summed E-state index contributed by atoms with van der Waals surface area (Å²) >= 11 is 41.0. The van der Waals surface area contributed by atoms with Crippen molar-refractivity contribution in [2.75, 3.05) is 117 Å². The van der Waals surface area contributed by atoms with Gasteiger partial charge in [-0.15, -0.1) is 0 Å². The Kier molecular flexibility index (Phi) is 34.5. The molecule has 16 N–H and O–H groups in total. The summed E-state index contributed by atoms with van der Waals surface area (Å²) in [7, 11) is -0.750. The van der Waals surface area contributed by atoms with Gasteiger partial charge < -0.3 is 84.3 Å². The Morgan fingerprint density at radius 2 is 0.815 bits per heavy atom. The number of piperazine rings is 3. The van der Waals surface area contributed by atoms with Crippen molar-refractivity contribution in [1.29, 1.82) is 1.34 Å². The van der Waals surface area contributed by atoms with Crippen LogP contribution in [0.1, 0.15) is 71.0 Å². The molecule has 675 valence electrons. The lowest BCUT2D eigenvalue weighted by Gasteiger charge is -2.36. The molecule has 7 aromatic carbocycles. The first kappa shape index (κ1) is 96.0. The zero-order chi connectivity index (χ0) is 94.0. The van der Waals surface area contributed by atoms with Crippen LogP contribution in [0, 0.1) is 0 Å². The van der Waals surface area contributed by atoms with Crippen LogP contribution in [0.2, 0.25) is 35.8 Å². The van der Waals surface area contributed by atoms with Crippen molar-refractivity contribution in [2.24, 2.45) is 22.9 Å². The third-order valence-electron chi connectivity index (χ3n) is 19.7. The third-order valence-corrected chi connectivity index (χ3v) is 21.5. The topological polar surface area (TPSA) is 440 Å². The number of benzene rings is 7. The average Bonchev–Trinajstić information content (AvgIpc) is 1.63. The number of nitrogens with one attached hydrogen (secondary N) is 5. The predicted molar refractivity (Wildman–Crippen MR) is 520 cm³/mol. The van der Waals surface area contributed by atoms with Crippen LogP contribution in [0.15, 0.2) is 219 Å². The van der Waals surface area contributed by atoms with Gasteiger partial charge in [-0.25, -0.2) is 29.7 Å². The monoisotopic (exact) mass is 1900 g/mol. The number of H-pyrrole nitrogens is 1. The number of alkyl halides is 1. The van der Waals surface area contributed by atoms with Crippen molar-refractivity contribution in [3.05, 3.63) is 277 Å². The molecule has 15 aromatic rings. The lowest BCUT2D eigenvalue weighted by atomic mass is 10.2. The Morgan fingerprint density at radius 1 is 0.477 bits per heavy atom. The smallest absolute Gasteiger partial charge is 0.410 e. The maximum atomic E-state index is 12.0. The zero-order valence-electron chi connectivity index (χ0n) is 71.6. The highest BCUT2D eigenvalue weighted by atomic mass is 35.5. The van der Waals surface area contributed by atoms with Crippen molar-refractivity contribution in [3.8, 4) is 17.5 Å². The Hall–Kier alpha value is -13.1. The van der Waals surface area contributed by atoms with Crippen LogP contribution in [-0.2, 0) is 4.74 Å². The number of nitrogens with two attached hydrogens (primary N) is 5. The largest absolute Gasteiger partial charge is 0.459 e. The van der Waals surface area contributed by atoms with Gasteiger partial charge in [0.1, 0.15) is 20.7 Å². The molecule has 1 radical (unpaired) electrons. The highest BCUT2D eigenvalue weighted by Crippen LogP contribution is 2.34. The quantitative estimate of drug-likeness (QED) is 0.0208. The molecule has 0 aliphatic carbocycles. The molecule has 3 aliphatic rings. The van der Waals surface area contributed by atoms with Gasteiger partial charge in [0.2, 0.25) is 22.5 Å². The second-order valence-electron chi connectivity index (χ2n) is 29.2. The fraction of sp³-hybridized carbons (Fsp3) is 0.202. The first-order chi connectivity index (χ1) is 62.9. The van der Waals surface area contributed by atoms with Gasteiger partial charge in [0.25, 0.3) is 31.6 Å². The molecular formula is C89H93BCl7FN25O7. The number of nitrogens with zero attached hydrogens (tertiary/aromatic N) is 15. The van der Waals surface area contributed by atoms with Gasteiger partial charge in [-0.05, 0) is 141 Å². The van der Waals surface area contributed by atoms with Crippen molar-refractivity contribution >= 4 is 209 Å². The lowest BCUT2D eigenvalue weighted by Crippen LogP contribution is -2.50. The molecule has 0 atom stereocenters. The van der Waals surface area contributed by atoms with Gasteiger partial charge in [-0.2, -0.15) is 15.0 Å². The fourth-order valence-corrected chi connectivity index (χ4v) is 14.8. The van der Waals surface area contributed by atoms with E-state index in [-0.39, 0.29) is 37.3 Å².